The summed E-state index contributed by atoms with van der Waals surface area (Å²) in [6, 6.07) is 3.61. The lowest BCUT2D eigenvalue weighted by Gasteiger charge is -2.20. The van der Waals surface area contributed by atoms with Crippen LogP contribution in [0.4, 0.5) is 0 Å². The fourth-order valence-corrected chi connectivity index (χ4v) is 2.77. The van der Waals surface area contributed by atoms with Crippen LogP contribution < -0.4 is 0 Å². The summed E-state index contributed by atoms with van der Waals surface area (Å²) in [5.74, 6) is 0.295. The Morgan fingerprint density at radius 2 is 1.88 bits per heavy atom. The molecule has 0 fully saturated rings. The summed E-state index contributed by atoms with van der Waals surface area (Å²) < 4.78 is 0. The Kier molecular flexibility index (Phi) is 5.19. The summed E-state index contributed by atoms with van der Waals surface area (Å²) in [5, 5.41) is 11.9. The summed E-state index contributed by atoms with van der Waals surface area (Å²) in [6.07, 6.45) is 8.01. The lowest BCUT2D eigenvalue weighted by molar-refractivity contribution is 0.0707. The summed E-state index contributed by atoms with van der Waals surface area (Å²) in [6.45, 7) is 0.459. The van der Waals surface area contributed by atoms with Crippen LogP contribution in [-0.4, -0.2) is 49.0 Å². The zero-order valence-corrected chi connectivity index (χ0v) is 13.6. The molecule has 0 saturated carbocycles. The first-order valence-corrected chi connectivity index (χ1v) is 8.17. The number of nitrogens with zero attached hydrogens (tertiary/aromatic N) is 5. The van der Waals surface area contributed by atoms with E-state index < -0.39 is 0 Å². The zero-order chi connectivity index (χ0) is 16.8. The predicted molar refractivity (Wildman–Crippen MR) is 89.2 cm³/mol. The highest BCUT2D eigenvalue weighted by Gasteiger charge is 2.18. The van der Waals surface area contributed by atoms with Crippen molar-refractivity contribution in [3.63, 3.8) is 0 Å². The second-order valence-electron chi connectivity index (χ2n) is 4.91. The molecular formula is C16H15N5O2S. The van der Waals surface area contributed by atoms with Crippen molar-refractivity contribution in [1.29, 1.82) is 0 Å². The number of aliphatic hydroxyl groups excluding tert-OH is 1. The number of hydrogen-bond acceptors (Lipinski definition) is 7. The van der Waals surface area contributed by atoms with Gasteiger partial charge in [0.05, 0.1) is 18.7 Å². The highest BCUT2D eigenvalue weighted by Crippen LogP contribution is 2.14. The van der Waals surface area contributed by atoms with Gasteiger partial charge in [0, 0.05) is 48.5 Å². The average molecular weight is 341 g/mol. The monoisotopic (exact) mass is 341 g/mol. The molecule has 0 unspecified atom stereocenters. The van der Waals surface area contributed by atoms with Crippen LogP contribution in [0.15, 0.2) is 48.5 Å². The Bertz CT molecular complexity index is 778. The van der Waals surface area contributed by atoms with Crippen LogP contribution in [-0.2, 0) is 6.54 Å². The van der Waals surface area contributed by atoms with Crippen LogP contribution in [0.2, 0.25) is 0 Å². The van der Waals surface area contributed by atoms with E-state index in [1.807, 2.05) is 5.38 Å². The Morgan fingerprint density at radius 3 is 2.50 bits per heavy atom. The molecule has 24 heavy (non-hydrogen) atoms. The van der Waals surface area contributed by atoms with E-state index in [0.717, 1.165) is 10.6 Å². The van der Waals surface area contributed by atoms with Crippen molar-refractivity contribution in [2.24, 2.45) is 0 Å². The molecule has 0 aromatic carbocycles. The molecule has 3 heterocycles. The fraction of sp³-hybridized carbons (Fsp3) is 0.188. The number of hydrogen-bond donors (Lipinski definition) is 1. The number of aromatic nitrogens is 4. The zero-order valence-electron chi connectivity index (χ0n) is 12.7. The van der Waals surface area contributed by atoms with Gasteiger partial charge in [-0.05, 0) is 12.1 Å². The predicted octanol–water partition coefficient (Wildman–Crippen LogP) is 1.63. The van der Waals surface area contributed by atoms with E-state index >= 15 is 0 Å². The van der Waals surface area contributed by atoms with Crippen molar-refractivity contribution >= 4 is 17.2 Å². The maximum atomic E-state index is 12.6. The van der Waals surface area contributed by atoms with Crippen LogP contribution in [0, 0.1) is 0 Å². The highest BCUT2D eigenvalue weighted by molar-refractivity contribution is 7.09. The number of amides is 1. The van der Waals surface area contributed by atoms with Crippen LogP contribution in [0.25, 0.3) is 11.4 Å². The molecule has 1 amide bonds. The number of thiazole rings is 1. The first kappa shape index (κ1) is 16.2. The van der Waals surface area contributed by atoms with Gasteiger partial charge in [-0.2, -0.15) is 0 Å². The van der Waals surface area contributed by atoms with Gasteiger partial charge in [-0.25, -0.2) is 15.0 Å². The van der Waals surface area contributed by atoms with E-state index in [4.69, 9.17) is 0 Å². The molecular weight excluding hydrogens is 326 g/mol. The molecule has 0 saturated heterocycles. The summed E-state index contributed by atoms with van der Waals surface area (Å²) in [4.78, 5) is 30.8. The molecule has 0 aliphatic carbocycles. The van der Waals surface area contributed by atoms with E-state index in [1.54, 1.807) is 30.7 Å². The van der Waals surface area contributed by atoms with Crippen LogP contribution >= 0.6 is 11.3 Å². The van der Waals surface area contributed by atoms with E-state index in [-0.39, 0.29) is 19.1 Å². The van der Waals surface area contributed by atoms with Gasteiger partial charge in [0.15, 0.2) is 5.82 Å². The van der Waals surface area contributed by atoms with Crippen LogP contribution in [0.5, 0.6) is 0 Å². The van der Waals surface area contributed by atoms with Gasteiger partial charge >= 0.3 is 0 Å². The molecule has 0 atom stereocenters. The quantitative estimate of drug-likeness (QED) is 0.732. The van der Waals surface area contributed by atoms with Gasteiger partial charge in [0.1, 0.15) is 5.01 Å². The minimum Gasteiger partial charge on any atom is -0.395 e. The van der Waals surface area contributed by atoms with Crippen molar-refractivity contribution in [1.82, 2.24) is 24.8 Å². The van der Waals surface area contributed by atoms with Crippen molar-refractivity contribution in [3.8, 4) is 11.4 Å². The van der Waals surface area contributed by atoms with Gasteiger partial charge in [-0.15, -0.1) is 11.3 Å². The third-order valence-corrected chi connectivity index (χ3v) is 4.07. The van der Waals surface area contributed by atoms with Crippen molar-refractivity contribution in [2.75, 3.05) is 13.2 Å². The van der Waals surface area contributed by atoms with Crippen molar-refractivity contribution < 1.29 is 9.90 Å². The molecule has 0 radical (unpaired) electrons. The summed E-state index contributed by atoms with van der Waals surface area (Å²) >= 11 is 1.47. The minimum absolute atomic E-state index is 0.118. The van der Waals surface area contributed by atoms with Gasteiger partial charge < -0.3 is 10.0 Å². The number of rotatable bonds is 6. The highest BCUT2D eigenvalue weighted by atomic mass is 32.1. The topological polar surface area (TPSA) is 92.1 Å². The second kappa shape index (κ2) is 7.71. The molecule has 3 aromatic heterocycles. The SMILES string of the molecule is O=C(c1cnc(-c2ccncc2)nc1)N(CCO)Cc1nccs1. The molecule has 3 aromatic rings. The maximum Gasteiger partial charge on any atom is 0.257 e. The normalized spacial score (nSPS) is 10.5. The Labute approximate surface area is 142 Å². The van der Waals surface area contributed by atoms with E-state index in [1.165, 1.54) is 28.6 Å². The number of carbonyl (C=O) groups is 1. The smallest absolute Gasteiger partial charge is 0.257 e. The van der Waals surface area contributed by atoms with Crippen molar-refractivity contribution in [3.05, 3.63) is 59.1 Å². The number of pyridine rings is 1. The first-order chi connectivity index (χ1) is 11.8. The van der Waals surface area contributed by atoms with E-state index in [2.05, 4.69) is 19.9 Å². The molecule has 7 nitrogen and oxygen atoms in total. The lowest BCUT2D eigenvalue weighted by atomic mass is 10.2. The fourth-order valence-electron chi connectivity index (χ4n) is 2.14. The molecule has 0 spiro atoms. The van der Waals surface area contributed by atoms with Crippen molar-refractivity contribution in [2.45, 2.75) is 6.54 Å². The second-order valence-corrected chi connectivity index (χ2v) is 5.89. The molecule has 1 N–H and O–H groups in total. The molecule has 0 aliphatic rings. The third-order valence-electron chi connectivity index (χ3n) is 3.30. The molecule has 3 rings (SSSR count). The summed E-state index contributed by atoms with van der Waals surface area (Å²) in [5.41, 5.74) is 1.21. The largest absolute Gasteiger partial charge is 0.395 e. The standard InChI is InChI=1S/C16H15N5O2S/c22-7-6-21(11-14-18-5-8-24-14)16(23)13-9-19-15(20-10-13)12-1-3-17-4-2-12/h1-5,8-10,22H,6-7,11H2. The van der Waals surface area contributed by atoms with Crippen LogP contribution in [0.1, 0.15) is 15.4 Å². The molecule has 8 heteroatoms. The third kappa shape index (κ3) is 3.79. The molecule has 0 bridgehead atoms. The van der Waals surface area contributed by atoms with Gasteiger partial charge in [0.2, 0.25) is 0 Å². The number of carbonyl (C=O) groups excluding carboxylic acids is 1. The van der Waals surface area contributed by atoms with E-state index in [0.29, 0.717) is 17.9 Å². The molecule has 0 aliphatic heterocycles. The first-order valence-electron chi connectivity index (χ1n) is 7.29. The lowest BCUT2D eigenvalue weighted by Crippen LogP contribution is -2.33. The minimum atomic E-state index is -0.236. The maximum absolute atomic E-state index is 12.6. The summed E-state index contributed by atoms with van der Waals surface area (Å²) in [7, 11) is 0. The Balaban J connectivity index is 1.77. The van der Waals surface area contributed by atoms with Gasteiger partial charge in [-0.1, -0.05) is 0 Å². The molecule has 122 valence electrons. The number of aliphatic hydroxyl groups is 1. The van der Waals surface area contributed by atoms with E-state index in [9.17, 15) is 9.90 Å². The Hall–Kier alpha value is -2.71. The van der Waals surface area contributed by atoms with Crippen LogP contribution in [0.3, 0.4) is 0 Å². The Morgan fingerprint density at radius 1 is 1.12 bits per heavy atom. The van der Waals surface area contributed by atoms with Gasteiger partial charge in [0.25, 0.3) is 5.91 Å². The van der Waals surface area contributed by atoms with Gasteiger partial charge in [-0.3, -0.25) is 9.78 Å². The average Bonchev–Trinajstić information content (AvgIpc) is 3.15.